The van der Waals surface area contributed by atoms with Gasteiger partial charge in [0.25, 0.3) is 0 Å². The highest BCUT2D eigenvalue weighted by Gasteiger charge is 2.31. The number of hydrogen-bond acceptors (Lipinski definition) is 5. The SMILES string of the molecule is CC[C@H](C)NC(=O)CN1CCN(CC(=O)Nc2ccc(OC(F)(F)F)cc2)CC1. The fraction of sp³-hybridized carbons (Fsp3) is 0.579. The lowest BCUT2D eigenvalue weighted by Crippen LogP contribution is -2.51. The van der Waals surface area contributed by atoms with E-state index in [1.54, 1.807) is 0 Å². The highest BCUT2D eigenvalue weighted by molar-refractivity contribution is 5.92. The Hall–Kier alpha value is -2.33. The van der Waals surface area contributed by atoms with Crippen LogP contribution in [0.1, 0.15) is 20.3 Å². The molecule has 0 aliphatic carbocycles. The standard InChI is InChI=1S/C19H27F3N4O3/c1-3-14(2)23-17(27)12-25-8-10-26(11-9-25)13-18(28)24-15-4-6-16(7-5-15)29-19(20,21)22/h4-7,14H,3,8-13H2,1-2H3,(H,23,27)(H,24,28)/t14-/m0/s1. The summed E-state index contributed by atoms with van der Waals surface area (Å²) in [6.45, 7) is 7.18. The minimum absolute atomic E-state index is 0.00323. The number of nitrogens with zero attached hydrogens (tertiary/aromatic N) is 2. The first-order valence-corrected chi connectivity index (χ1v) is 9.54. The van der Waals surface area contributed by atoms with Crippen molar-refractivity contribution >= 4 is 17.5 Å². The zero-order valence-corrected chi connectivity index (χ0v) is 16.6. The summed E-state index contributed by atoms with van der Waals surface area (Å²) in [6, 6.07) is 5.15. The van der Waals surface area contributed by atoms with Crippen molar-refractivity contribution in [3.8, 4) is 5.75 Å². The number of ether oxygens (including phenoxy) is 1. The van der Waals surface area contributed by atoms with Crippen LogP contribution in [-0.2, 0) is 9.59 Å². The van der Waals surface area contributed by atoms with E-state index in [0.29, 0.717) is 38.4 Å². The number of rotatable bonds is 8. The van der Waals surface area contributed by atoms with Gasteiger partial charge in [-0.25, -0.2) is 0 Å². The second-order valence-electron chi connectivity index (χ2n) is 7.05. The average molecular weight is 416 g/mol. The van der Waals surface area contributed by atoms with Gasteiger partial charge in [-0.2, -0.15) is 0 Å². The second kappa shape index (κ2) is 10.4. The molecule has 1 saturated heterocycles. The molecule has 1 aliphatic heterocycles. The third-order valence-electron chi connectivity index (χ3n) is 4.59. The van der Waals surface area contributed by atoms with Gasteiger partial charge >= 0.3 is 6.36 Å². The number of piperazine rings is 1. The maximum absolute atomic E-state index is 12.2. The van der Waals surface area contributed by atoms with Crippen molar-refractivity contribution in [3.05, 3.63) is 24.3 Å². The maximum atomic E-state index is 12.2. The molecule has 1 aliphatic rings. The summed E-state index contributed by atoms with van der Waals surface area (Å²) in [5.41, 5.74) is 0.393. The van der Waals surface area contributed by atoms with Crippen LogP contribution < -0.4 is 15.4 Å². The Balaban J connectivity index is 1.71. The van der Waals surface area contributed by atoms with Crippen LogP contribution in [0, 0.1) is 0 Å². The molecule has 0 spiro atoms. The summed E-state index contributed by atoms with van der Waals surface area (Å²) in [5, 5.41) is 5.59. The van der Waals surface area contributed by atoms with Crippen LogP contribution in [0.5, 0.6) is 5.75 Å². The van der Waals surface area contributed by atoms with Gasteiger partial charge < -0.3 is 15.4 Å². The maximum Gasteiger partial charge on any atom is 0.573 e. The molecule has 1 aromatic carbocycles. The van der Waals surface area contributed by atoms with Crippen LogP contribution in [-0.4, -0.2) is 73.3 Å². The summed E-state index contributed by atoms with van der Waals surface area (Å²) in [7, 11) is 0. The summed E-state index contributed by atoms with van der Waals surface area (Å²) in [4.78, 5) is 28.1. The lowest BCUT2D eigenvalue weighted by Gasteiger charge is -2.34. The van der Waals surface area contributed by atoms with Gasteiger partial charge in [-0.05, 0) is 37.6 Å². The lowest BCUT2D eigenvalue weighted by atomic mass is 10.2. The molecule has 1 heterocycles. The fourth-order valence-corrected chi connectivity index (χ4v) is 2.87. The number of amides is 2. The fourth-order valence-electron chi connectivity index (χ4n) is 2.87. The van der Waals surface area contributed by atoms with Crippen LogP contribution in [0.2, 0.25) is 0 Å². The molecule has 0 unspecified atom stereocenters. The van der Waals surface area contributed by atoms with Gasteiger partial charge in [0.2, 0.25) is 11.8 Å². The van der Waals surface area contributed by atoms with Crippen molar-refractivity contribution in [1.29, 1.82) is 0 Å². The van der Waals surface area contributed by atoms with E-state index in [1.165, 1.54) is 12.1 Å². The van der Waals surface area contributed by atoms with E-state index in [4.69, 9.17) is 0 Å². The highest BCUT2D eigenvalue weighted by Crippen LogP contribution is 2.23. The first kappa shape index (κ1) is 23.0. The predicted molar refractivity (Wildman–Crippen MR) is 103 cm³/mol. The molecular formula is C19H27F3N4O3. The van der Waals surface area contributed by atoms with Crippen molar-refractivity contribution in [2.75, 3.05) is 44.6 Å². The minimum atomic E-state index is -4.75. The van der Waals surface area contributed by atoms with Gasteiger partial charge in [0.15, 0.2) is 0 Å². The summed E-state index contributed by atoms with van der Waals surface area (Å²) in [6.07, 6.45) is -3.87. The molecule has 162 valence electrons. The predicted octanol–water partition coefficient (Wildman–Crippen LogP) is 2.06. The molecule has 10 heteroatoms. The van der Waals surface area contributed by atoms with Crippen molar-refractivity contribution in [1.82, 2.24) is 15.1 Å². The van der Waals surface area contributed by atoms with Crippen LogP contribution in [0.25, 0.3) is 0 Å². The van der Waals surface area contributed by atoms with Crippen LogP contribution in [0.15, 0.2) is 24.3 Å². The first-order chi connectivity index (χ1) is 13.6. The van der Waals surface area contributed by atoms with Gasteiger partial charge in [0, 0.05) is 37.9 Å². The highest BCUT2D eigenvalue weighted by atomic mass is 19.4. The average Bonchev–Trinajstić information content (AvgIpc) is 2.63. The molecule has 7 nitrogen and oxygen atoms in total. The quantitative estimate of drug-likeness (QED) is 0.679. The first-order valence-electron chi connectivity index (χ1n) is 9.54. The summed E-state index contributed by atoms with van der Waals surface area (Å²) in [5.74, 6) is -0.593. The topological polar surface area (TPSA) is 73.9 Å². The van der Waals surface area contributed by atoms with Gasteiger partial charge in [0.1, 0.15) is 5.75 Å². The van der Waals surface area contributed by atoms with E-state index < -0.39 is 6.36 Å². The van der Waals surface area contributed by atoms with Crippen LogP contribution in [0.3, 0.4) is 0 Å². The normalized spacial score (nSPS) is 16.9. The van der Waals surface area contributed by atoms with E-state index in [9.17, 15) is 22.8 Å². The molecule has 2 amide bonds. The Morgan fingerprint density at radius 1 is 1.03 bits per heavy atom. The zero-order valence-electron chi connectivity index (χ0n) is 16.6. The van der Waals surface area contributed by atoms with E-state index in [-0.39, 0.29) is 30.2 Å². The van der Waals surface area contributed by atoms with Gasteiger partial charge in [-0.15, -0.1) is 13.2 Å². The smallest absolute Gasteiger partial charge is 0.406 e. The van der Waals surface area contributed by atoms with E-state index in [1.807, 2.05) is 23.6 Å². The number of carbonyl (C=O) groups excluding carboxylic acids is 2. The molecule has 29 heavy (non-hydrogen) atoms. The molecule has 2 N–H and O–H groups in total. The lowest BCUT2D eigenvalue weighted by molar-refractivity contribution is -0.274. The molecule has 0 saturated carbocycles. The van der Waals surface area contributed by atoms with E-state index in [2.05, 4.69) is 15.4 Å². The van der Waals surface area contributed by atoms with Crippen molar-refractivity contribution in [3.63, 3.8) is 0 Å². The van der Waals surface area contributed by atoms with Crippen molar-refractivity contribution in [2.45, 2.75) is 32.7 Å². The number of carbonyl (C=O) groups is 2. The Bertz CT molecular complexity index is 674. The monoisotopic (exact) mass is 416 g/mol. The molecular weight excluding hydrogens is 389 g/mol. The number of halogens is 3. The van der Waals surface area contributed by atoms with Crippen LogP contribution in [0.4, 0.5) is 18.9 Å². The van der Waals surface area contributed by atoms with Gasteiger partial charge in [-0.3, -0.25) is 19.4 Å². The molecule has 0 bridgehead atoms. The largest absolute Gasteiger partial charge is 0.573 e. The third kappa shape index (κ3) is 8.70. The van der Waals surface area contributed by atoms with Crippen molar-refractivity contribution < 1.29 is 27.5 Å². The molecule has 2 rings (SSSR count). The van der Waals surface area contributed by atoms with Gasteiger partial charge in [-0.1, -0.05) is 6.92 Å². The molecule has 1 fully saturated rings. The number of alkyl halides is 3. The van der Waals surface area contributed by atoms with E-state index in [0.717, 1.165) is 18.6 Å². The molecule has 0 aromatic heterocycles. The third-order valence-corrected chi connectivity index (χ3v) is 4.59. The Morgan fingerprint density at radius 3 is 2.03 bits per heavy atom. The van der Waals surface area contributed by atoms with Gasteiger partial charge in [0.05, 0.1) is 13.1 Å². The summed E-state index contributed by atoms with van der Waals surface area (Å²) < 4.78 is 40.3. The molecule has 1 atom stereocenters. The Morgan fingerprint density at radius 2 is 1.55 bits per heavy atom. The Labute approximate surface area is 168 Å². The van der Waals surface area contributed by atoms with E-state index >= 15 is 0 Å². The summed E-state index contributed by atoms with van der Waals surface area (Å²) >= 11 is 0. The number of hydrogen-bond donors (Lipinski definition) is 2. The number of nitrogens with one attached hydrogen (secondary N) is 2. The Kier molecular flexibility index (Phi) is 8.27. The number of anilines is 1. The van der Waals surface area contributed by atoms with Crippen molar-refractivity contribution in [2.24, 2.45) is 0 Å². The zero-order chi connectivity index (χ0) is 21.4. The molecule has 1 aromatic rings. The van der Waals surface area contributed by atoms with Crippen LogP contribution >= 0.6 is 0 Å². The second-order valence-corrected chi connectivity index (χ2v) is 7.05. The number of benzene rings is 1. The minimum Gasteiger partial charge on any atom is -0.406 e. The molecule has 0 radical (unpaired) electrons.